The molecule has 0 unspecified atom stereocenters. The molecule has 0 atom stereocenters. The molecular weight excluding hydrogens is 241 g/mol. The van der Waals surface area contributed by atoms with E-state index in [1.54, 1.807) is 0 Å². The molecule has 14 heavy (non-hydrogen) atoms. The van der Waals surface area contributed by atoms with Crippen LogP contribution in [0.4, 0.5) is 14.5 Å². The molecule has 0 amide bonds. The Morgan fingerprint density at radius 3 is 2.50 bits per heavy atom. The zero-order chi connectivity index (χ0) is 10.9. The van der Waals surface area contributed by atoms with Crippen LogP contribution in [0.25, 0.3) is 0 Å². The SMILES string of the molecule is O=[N+]([O-])c1c(C(F)F)cnc(Cl)c1Cl. The van der Waals surface area contributed by atoms with Gasteiger partial charge in [-0.2, -0.15) is 0 Å². The Morgan fingerprint density at radius 2 is 2.07 bits per heavy atom. The van der Waals surface area contributed by atoms with E-state index in [0.29, 0.717) is 6.20 Å². The maximum atomic E-state index is 12.3. The van der Waals surface area contributed by atoms with E-state index in [1.807, 2.05) is 0 Å². The van der Waals surface area contributed by atoms with E-state index in [2.05, 4.69) is 4.98 Å². The summed E-state index contributed by atoms with van der Waals surface area (Å²) in [6, 6.07) is 0. The van der Waals surface area contributed by atoms with E-state index in [1.165, 1.54) is 0 Å². The lowest BCUT2D eigenvalue weighted by Crippen LogP contribution is -1.98. The fourth-order valence-electron chi connectivity index (χ4n) is 0.814. The molecule has 0 bridgehead atoms. The molecule has 0 saturated heterocycles. The minimum Gasteiger partial charge on any atom is -0.258 e. The van der Waals surface area contributed by atoms with E-state index < -0.39 is 27.6 Å². The van der Waals surface area contributed by atoms with Crippen molar-refractivity contribution in [3.63, 3.8) is 0 Å². The fourth-order valence-corrected chi connectivity index (χ4v) is 1.18. The molecular formula is C6H2Cl2F2N2O2. The van der Waals surface area contributed by atoms with Gasteiger partial charge in [0.2, 0.25) is 0 Å². The predicted molar refractivity (Wildman–Crippen MR) is 45.9 cm³/mol. The molecule has 0 aliphatic heterocycles. The molecule has 0 aliphatic carbocycles. The Kier molecular flexibility index (Phi) is 3.17. The Balaban J connectivity index is 3.45. The summed E-state index contributed by atoms with van der Waals surface area (Å²) in [6.07, 6.45) is -2.38. The van der Waals surface area contributed by atoms with Crippen LogP contribution in [0.5, 0.6) is 0 Å². The van der Waals surface area contributed by atoms with Gasteiger partial charge in [-0.15, -0.1) is 0 Å². The first-order chi connectivity index (χ1) is 6.45. The average molecular weight is 243 g/mol. The molecule has 1 aromatic rings. The van der Waals surface area contributed by atoms with Crippen LogP contribution in [0.15, 0.2) is 6.20 Å². The number of nitrogens with zero attached hydrogens (tertiary/aromatic N) is 2. The third-order valence-electron chi connectivity index (χ3n) is 1.40. The maximum absolute atomic E-state index is 12.3. The molecule has 0 N–H and O–H groups in total. The van der Waals surface area contributed by atoms with Crippen molar-refractivity contribution in [2.75, 3.05) is 0 Å². The molecule has 76 valence electrons. The van der Waals surface area contributed by atoms with Crippen LogP contribution in [0.1, 0.15) is 12.0 Å². The first kappa shape index (κ1) is 11.1. The molecule has 8 heteroatoms. The van der Waals surface area contributed by atoms with Crippen molar-refractivity contribution in [2.24, 2.45) is 0 Å². The summed E-state index contributed by atoms with van der Waals surface area (Å²) < 4.78 is 24.5. The summed E-state index contributed by atoms with van der Waals surface area (Å²) >= 11 is 10.7. The van der Waals surface area contributed by atoms with Crippen LogP contribution in [0.2, 0.25) is 10.2 Å². The van der Waals surface area contributed by atoms with Gasteiger partial charge in [-0.05, 0) is 0 Å². The van der Waals surface area contributed by atoms with E-state index in [-0.39, 0.29) is 5.15 Å². The highest BCUT2D eigenvalue weighted by Gasteiger charge is 2.27. The van der Waals surface area contributed by atoms with Crippen LogP contribution < -0.4 is 0 Å². The van der Waals surface area contributed by atoms with Gasteiger partial charge in [0, 0.05) is 6.20 Å². The van der Waals surface area contributed by atoms with E-state index >= 15 is 0 Å². The van der Waals surface area contributed by atoms with Gasteiger partial charge in [0.05, 0.1) is 4.92 Å². The van der Waals surface area contributed by atoms with Gasteiger partial charge in [-0.25, -0.2) is 13.8 Å². The normalized spacial score (nSPS) is 10.6. The van der Waals surface area contributed by atoms with Crippen molar-refractivity contribution in [2.45, 2.75) is 6.43 Å². The van der Waals surface area contributed by atoms with Crippen LogP contribution in [-0.4, -0.2) is 9.91 Å². The van der Waals surface area contributed by atoms with Crippen LogP contribution in [-0.2, 0) is 0 Å². The molecule has 1 rings (SSSR count). The first-order valence-corrected chi connectivity index (χ1v) is 3.97. The minimum atomic E-state index is -3.02. The lowest BCUT2D eigenvalue weighted by molar-refractivity contribution is -0.386. The highest BCUT2D eigenvalue weighted by atomic mass is 35.5. The molecule has 1 heterocycles. The number of hydrogen-bond donors (Lipinski definition) is 0. The Bertz CT molecular complexity index is 386. The lowest BCUT2D eigenvalue weighted by atomic mass is 10.2. The standard InChI is InChI=1S/C6H2Cl2F2N2O2/c7-3-4(12(13)14)2(6(9)10)1-11-5(3)8/h1,6H. The van der Waals surface area contributed by atoms with Crippen molar-refractivity contribution < 1.29 is 13.7 Å². The second-order valence-corrected chi connectivity index (χ2v) is 2.96. The largest absolute Gasteiger partial charge is 0.301 e. The molecule has 0 saturated carbocycles. The second-order valence-electron chi connectivity index (χ2n) is 2.22. The number of rotatable bonds is 2. The number of hydrogen-bond acceptors (Lipinski definition) is 3. The first-order valence-electron chi connectivity index (χ1n) is 3.21. The summed E-state index contributed by atoms with van der Waals surface area (Å²) in [5, 5.41) is 9.45. The van der Waals surface area contributed by atoms with E-state index in [9.17, 15) is 18.9 Å². The van der Waals surface area contributed by atoms with Crippen molar-refractivity contribution in [3.8, 4) is 0 Å². The summed E-state index contributed by atoms with van der Waals surface area (Å²) in [4.78, 5) is 12.7. The van der Waals surface area contributed by atoms with E-state index in [4.69, 9.17) is 23.2 Å². The maximum Gasteiger partial charge on any atom is 0.301 e. The molecule has 0 radical (unpaired) electrons. The van der Waals surface area contributed by atoms with Crippen LogP contribution in [0.3, 0.4) is 0 Å². The topological polar surface area (TPSA) is 56.0 Å². The summed E-state index contributed by atoms with van der Waals surface area (Å²) in [5.74, 6) is 0. The number of nitro groups is 1. The Labute approximate surface area is 86.6 Å². The van der Waals surface area contributed by atoms with Gasteiger partial charge in [-0.1, -0.05) is 23.2 Å². The van der Waals surface area contributed by atoms with Gasteiger partial charge in [0.25, 0.3) is 6.43 Å². The second kappa shape index (κ2) is 4.02. The number of aromatic nitrogens is 1. The average Bonchev–Trinajstić information content (AvgIpc) is 2.08. The van der Waals surface area contributed by atoms with Crippen LogP contribution in [0, 0.1) is 10.1 Å². The van der Waals surface area contributed by atoms with E-state index in [0.717, 1.165) is 0 Å². The van der Waals surface area contributed by atoms with Crippen molar-refractivity contribution >= 4 is 28.9 Å². The number of halogens is 4. The summed E-state index contributed by atoms with van der Waals surface area (Å²) in [6.45, 7) is 0. The molecule has 0 fully saturated rings. The molecule has 0 aromatic carbocycles. The Hall–Kier alpha value is -1.01. The molecule has 1 aromatic heterocycles. The van der Waals surface area contributed by atoms with Gasteiger partial charge < -0.3 is 0 Å². The third kappa shape index (κ3) is 1.91. The third-order valence-corrected chi connectivity index (χ3v) is 2.14. The summed E-state index contributed by atoms with van der Waals surface area (Å²) in [7, 11) is 0. The fraction of sp³-hybridized carbons (Fsp3) is 0.167. The number of alkyl halides is 2. The monoisotopic (exact) mass is 242 g/mol. The zero-order valence-corrected chi connectivity index (χ0v) is 7.89. The van der Waals surface area contributed by atoms with Gasteiger partial charge in [0.15, 0.2) is 10.2 Å². The van der Waals surface area contributed by atoms with Gasteiger partial charge in [0.1, 0.15) is 5.56 Å². The van der Waals surface area contributed by atoms with Crippen molar-refractivity contribution in [1.29, 1.82) is 0 Å². The van der Waals surface area contributed by atoms with Gasteiger partial charge >= 0.3 is 5.69 Å². The van der Waals surface area contributed by atoms with Crippen molar-refractivity contribution in [1.82, 2.24) is 4.98 Å². The Morgan fingerprint density at radius 1 is 1.50 bits per heavy atom. The lowest BCUT2D eigenvalue weighted by Gasteiger charge is -2.03. The highest BCUT2D eigenvalue weighted by Crippen LogP contribution is 2.37. The van der Waals surface area contributed by atoms with Crippen LogP contribution >= 0.6 is 23.2 Å². The zero-order valence-electron chi connectivity index (χ0n) is 6.38. The van der Waals surface area contributed by atoms with Crippen molar-refractivity contribution in [3.05, 3.63) is 32.1 Å². The minimum absolute atomic E-state index is 0.372. The summed E-state index contributed by atoms with van der Waals surface area (Å²) in [5.41, 5.74) is -1.74. The quantitative estimate of drug-likeness (QED) is 0.455. The molecule has 4 nitrogen and oxygen atoms in total. The number of pyridine rings is 1. The smallest absolute Gasteiger partial charge is 0.258 e. The predicted octanol–water partition coefficient (Wildman–Crippen LogP) is 3.23. The molecule has 0 aliphatic rings. The molecule has 0 spiro atoms. The van der Waals surface area contributed by atoms with Gasteiger partial charge in [-0.3, -0.25) is 10.1 Å². The highest BCUT2D eigenvalue weighted by molar-refractivity contribution is 6.42.